The first-order valence-electron chi connectivity index (χ1n) is 45.4. The van der Waals surface area contributed by atoms with Crippen LogP contribution in [-0.2, 0) is 61.6 Å². The van der Waals surface area contributed by atoms with Crippen molar-refractivity contribution in [2.45, 2.75) is 443 Å². The average Bonchev–Trinajstić information content (AvgIpc) is 0.774. The van der Waals surface area contributed by atoms with E-state index >= 15 is 0 Å². The Morgan fingerprint density at radius 2 is 0.449 bits per heavy atom. The zero-order valence-electron chi connectivity index (χ0n) is 76.1. The standard InChI is InChI=1S/C46H86O7.C34H64O6.C13H26O/c1-19-23(5)38-30(12)32(14)41(36(18)47-38)51-46-43(33(15)31(13)40(50-46)25(7)21-3)53-45-35(17)27(9)29(11)42(52-45)37(22-4)48-44-34(16)26(8)28(10)39(49-44)24(6)20-2;1-14-17(4)28-21(8)23(10)30(26(13)36-28)38-34-32(24(11)22(9)29(37-34)18(5)15-2)40-33-25(12)19(6)20(7)31(39-33)27(35)16-3;1-7-8(2)13-11(5)9(3)10(4)12(6)14-13/h23-46H,19-22H2,1-18H3;17-35H,14-16H2,1-13H3;8-13H,7H2,1-6H3/t23-,24-,25-,26+,27+,28+,29+,30+,31+,32+,33+,34?,35?,36-,37-,38?,39?,40?,41?,42?,43?,44+,45-,46-;17-,18-,19+,20+,21+,22+,23+,24+,25?,26-,27-,28?,29?,30?,31?,32?,33-,34-;8-,9-,10?,11+,12?,13?/m111/s1. The van der Waals surface area contributed by atoms with Gasteiger partial charge in [-0.2, -0.15) is 0 Å². The van der Waals surface area contributed by atoms with E-state index < -0.39 is 31.3 Å². The van der Waals surface area contributed by atoms with Gasteiger partial charge in [-0.1, -0.05) is 274 Å². The molecule has 0 aromatic carbocycles. The highest BCUT2D eigenvalue weighted by Gasteiger charge is 2.56. The van der Waals surface area contributed by atoms with E-state index in [1.165, 1.54) is 6.42 Å². The van der Waals surface area contributed by atoms with E-state index in [-0.39, 0.29) is 121 Å². The maximum Gasteiger partial charge on any atom is 0.184 e. The van der Waals surface area contributed by atoms with Crippen LogP contribution in [0.4, 0.5) is 0 Å². The fourth-order valence-electron chi connectivity index (χ4n) is 20.5. The van der Waals surface area contributed by atoms with Crippen molar-refractivity contribution >= 4 is 0 Å². The lowest BCUT2D eigenvalue weighted by Gasteiger charge is -2.53. The van der Waals surface area contributed by atoms with Crippen molar-refractivity contribution in [3.63, 3.8) is 0 Å². The predicted octanol–water partition coefficient (Wildman–Crippen LogP) is 22.1. The number of ether oxygens (including phenoxy) is 13. The van der Waals surface area contributed by atoms with Crippen molar-refractivity contribution in [1.29, 1.82) is 0 Å². The molecule has 17 unspecified atom stereocenters. The lowest BCUT2D eigenvalue weighted by molar-refractivity contribution is -0.367. The number of aliphatic hydroxyl groups is 1. The molecular weight excluding hydrogens is 1340 g/mol. The summed E-state index contributed by atoms with van der Waals surface area (Å²) < 4.78 is 89.4. The second-order valence-electron chi connectivity index (χ2n) is 38.7. The van der Waals surface area contributed by atoms with E-state index in [4.69, 9.17) is 61.6 Å². The molecule has 8 rings (SSSR count). The molecule has 0 aromatic rings. The molecule has 8 heterocycles. The Kier molecular flexibility index (Phi) is 37.9. The Hall–Kier alpha value is -0.560. The van der Waals surface area contributed by atoms with Crippen molar-refractivity contribution in [2.24, 2.45) is 154 Å². The van der Waals surface area contributed by atoms with Gasteiger partial charge in [0.05, 0.1) is 91.6 Å². The summed E-state index contributed by atoms with van der Waals surface area (Å²) in [7, 11) is 0. The molecule has 0 aliphatic carbocycles. The zero-order valence-corrected chi connectivity index (χ0v) is 76.1. The smallest absolute Gasteiger partial charge is 0.184 e. The summed E-state index contributed by atoms with van der Waals surface area (Å²) >= 11 is 0. The quantitative estimate of drug-likeness (QED) is 0.0878. The Balaban J connectivity index is 0.000000290. The Morgan fingerprint density at radius 3 is 0.766 bits per heavy atom. The van der Waals surface area contributed by atoms with Gasteiger partial charge in [-0.3, -0.25) is 0 Å². The van der Waals surface area contributed by atoms with E-state index in [1.54, 1.807) is 0 Å². The molecule has 107 heavy (non-hydrogen) atoms. The van der Waals surface area contributed by atoms with Crippen LogP contribution in [0.15, 0.2) is 0 Å². The van der Waals surface area contributed by atoms with Crippen LogP contribution < -0.4 is 0 Å². The summed E-state index contributed by atoms with van der Waals surface area (Å²) in [5.41, 5.74) is 0. The van der Waals surface area contributed by atoms with Crippen molar-refractivity contribution in [3.8, 4) is 0 Å². The van der Waals surface area contributed by atoms with Gasteiger partial charge in [-0.15, -0.1) is 0 Å². The molecule has 0 bridgehead atoms. The van der Waals surface area contributed by atoms with Gasteiger partial charge in [0.1, 0.15) is 12.2 Å². The first-order chi connectivity index (χ1) is 50.2. The first-order valence-corrected chi connectivity index (χ1v) is 45.4. The largest absolute Gasteiger partial charge is 0.390 e. The molecular formula is C93H176O14. The molecule has 0 spiro atoms. The van der Waals surface area contributed by atoms with Crippen LogP contribution in [-0.4, -0.2) is 140 Å². The fraction of sp³-hybridized carbons (Fsp3) is 1.00. The Morgan fingerprint density at radius 1 is 0.215 bits per heavy atom. The van der Waals surface area contributed by atoms with Crippen molar-refractivity contribution in [1.82, 2.24) is 0 Å². The van der Waals surface area contributed by atoms with Gasteiger partial charge in [0.15, 0.2) is 31.5 Å². The molecule has 14 heteroatoms. The average molecular weight is 1520 g/mol. The predicted molar refractivity (Wildman–Crippen MR) is 437 cm³/mol. The molecule has 1 N–H and O–H groups in total. The van der Waals surface area contributed by atoms with E-state index in [9.17, 15) is 5.11 Å². The van der Waals surface area contributed by atoms with Crippen LogP contribution in [0, 0.1) is 154 Å². The van der Waals surface area contributed by atoms with Gasteiger partial charge in [-0.05, 0) is 170 Å². The summed E-state index contributed by atoms with van der Waals surface area (Å²) in [6.07, 6.45) is 6.13. The third-order valence-electron chi connectivity index (χ3n) is 32.5. The van der Waals surface area contributed by atoms with Crippen LogP contribution in [0.5, 0.6) is 0 Å². The molecule has 0 amide bonds. The van der Waals surface area contributed by atoms with E-state index in [0.29, 0.717) is 137 Å². The third kappa shape index (κ3) is 21.8. The van der Waals surface area contributed by atoms with Crippen LogP contribution in [0.25, 0.3) is 0 Å². The maximum absolute atomic E-state index is 10.8. The third-order valence-corrected chi connectivity index (χ3v) is 32.5. The molecule has 8 fully saturated rings. The van der Waals surface area contributed by atoms with Crippen molar-refractivity contribution in [3.05, 3.63) is 0 Å². The highest BCUT2D eigenvalue weighted by atomic mass is 16.8. The minimum absolute atomic E-state index is 0.0269. The second kappa shape index (κ2) is 42.5. The topological polar surface area (TPSA) is 140 Å². The minimum atomic E-state index is -0.509. The summed E-state index contributed by atoms with van der Waals surface area (Å²) in [6.45, 7) is 84.5. The number of rotatable bonds is 26. The van der Waals surface area contributed by atoms with Crippen molar-refractivity contribution < 1.29 is 66.7 Å². The Bertz CT molecular complexity index is 2490. The van der Waals surface area contributed by atoms with Crippen LogP contribution in [0.2, 0.25) is 0 Å². The fourth-order valence-corrected chi connectivity index (χ4v) is 20.5. The highest BCUT2D eigenvalue weighted by Crippen LogP contribution is 2.50. The molecule has 632 valence electrons. The van der Waals surface area contributed by atoms with E-state index in [2.05, 4.69) is 249 Å². The van der Waals surface area contributed by atoms with Crippen molar-refractivity contribution in [2.75, 3.05) is 0 Å². The van der Waals surface area contributed by atoms with Gasteiger partial charge in [-0.25, -0.2) is 0 Å². The normalized spacial score (nSPS) is 48.7. The molecule has 8 aliphatic rings. The Labute approximate surface area is 660 Å². The summed E-state index contributed by atoms with van der Waals surface area (Å²) in [5, 5.41) is 10.8. The van der Waals surface area contributed by atoms with Crippen LogP contribution >= 0.6 is 0 Å². The molecule has 0 aromatic heterocycles. The molecule has 0 radical (unpaired) electrons. The van der Waals surface area contributed by atoms with Gasteiger partial charge >= 0.3 is 0 Å². The lowest BCUT2D eigenvalue weighted by atomic mass is 9.73. The number of aliphatic hydroxyl groups excluding tert-OH is 1. The molecule has 8 aliphatic heterocycles. The summed E-state index contributed by atoms with van der Waals surface area (Å²) in [4.78, 5) is 0. The van der Waals surface area contributed by atoms with Crippen LogP contribution in [0.1, 0.15) is 308 Å². The lowest BCUT2D eigenvalue weighted by Crippen LogP contribution is -2.60. The SMILES string of the molecule is CC[C@@H](C)C1OC(C)C(C)[C@@H](C)[C@@H]1C.CC[C@@H](C)C1O[C@H](OC2[C@@H](C)[C@H](C)C([C@H](C)CC)O[C@@H]2C)C(O[C@H]2OC([C@H](O)CC)[C@@H](C)[C@H](C)C2C)[C@@H](C)[C@@H]1C.CC[C@@H](C)C1O[C@H](O[C@H](CC)C2O[C@H](OC3[C@@H](OC4[C@@H](C)[C@H](C)C([C@H](C)CC)O[C@@H]4C)OC([C@H](C)CC)[C@@H](C)[C@@H]3C)C(C)[C@@H](C)[C@@H]2C)C(C)[C@@H](C)[C@@H]1C. The number of hydrogen-bond acceptors (Lipinski definition) is 14. The van der Waals surface area contributed by atoms with Gasteiger partial charge < -0.3 is 66.7 Å². The van der Waals surface area contributed by atoms with E-state index in [0.717, 1.165) is 44.4 Å². The van der Waals surface area contributed by atoms with Gasteiger partial charge in [0.25, 0.3) is 0 Å². The second-order valence-corrected chi connectivity index (χ2v) is 38.7. The summed E-state index contributed by atoms with van der Waals surface area (Å²) in [6, 6.07) is 0. The molecule has 8 saturated heterocycles. The highest BCUT2D eigenvalue weighted by molar-refractivity contribution is 4.99. The molecule has 14 nitrogen and oxygen atoms in total. The van der Waals surface area contributed by atoms with Crippen LogP contribution in [0.3, 0.4) is 0 Å². The molecule has 48 atom stereocenters. The maximum atomic E-state index is 10.8. The number of hydrogen-bond donors (Lipinski definition) is 1. The zero-order chi connectivity index (χ0) is 80.6. The van der Waals surface area contributed by atoms with E-state index in [1.807, 2.05) is 6.92 Å². The monoisotopic (exact) mass is 1520 g/mol. The molecule has 0 saturated carbocycles. The van der Waals surface area contributed by atoms with Gasteiger partial charge in [0, 0.05) is 17.8 Å². The summed E-state index contributed by atoms with van der Waals surface area (Å²) in [5.74, 6) is 10.7. The minimum Gasteiger partial charge on any atom is -0.390 e. The van der Waals surface area contributed by atoms with Gasteiger partial charge in [0.2, 0.25) is 0 Å². The first kappa shape index (κ1) is 95.3.